The lowest BCUT2D eigenvalue weighted by atomic mass is 9.77. The molecule has 0 bridgehead atoms. The molecular formula is C16H20ClN5O3S. The van der Waals surface area contributed by atoms with Gasteiger partial charge in [0.15, 0.2) is 5.82 Å². The van der Waals surface area contributed by atoms with Crippen LogP contribution in [-0.2, 0) is 22.0 Å². The number of sulfonamides is 1. The lowest BCUT2D eigenvalue weighted by Gasteiger charge is -2.34. The van der Waals surface area contributed by atoms with E-state index in [9.17, 15) is 8.42 Å². The molecule has 0 amide bonds. The van der Waals surface area contributed by atoms with E-state index in [2.05, 4.69) is 19.9 Å². The first kappa shape index (κ1) is 18.8. The minimum atomic E-state index is -3.53. The SMILES string of the molecule is CC(Cc1nc(C2(N)CCC2)no1)N=C1NS(=O)(=O)c2ccccc21.Cl. The summed E-state index contributed by atoms with van der Waals surface area (Å²) in [6.07, 6.45) is 3.21. The van der Waals surface area contributed by atoms with E-state index in [-0.39, 0.29) is 23.3 Å². The topological polar surface area (TPSA) is 123 Å². The van der Waals surface area contributed by atoms with E-state index in [4.69, 9.17) is 10.3 Å². The largest absolute Gasteiger partial charge is 0.339 e. The van der Waals surface area contributed by atoms with Crippen LogP contribution in [0.25, 0.3) is 0 Å². The minimum Gasteiger partial charge on any atom is -0.339 e. The molecule has 2 aliphatic rings. The maximum Gasteiger partial charge on any atom is 0.263 e. The summed E-state index contributed by atoms with van der Waals surface area (Å²) in [5.41, 5.74) is 6.31. The molecule has 1 aliphatic carbocycles. The van der Waals surface area contributed by atoms with Crippen LogP contribution in [0.3, 0.4) is 0 Å². The summed E-state index contributed by atoms with van der Waals surface area (Å²) in [4.78, 5) is 9.11. The summed E-state index contributed by atoms with van der Waals surface area (Å²) in [6, 6.07) is 6.54. The Hall–Kier alpha value is -1.97. The number of amidine groups is 1. The normalized spacial score (nSPS) is 22.0. The zero-order valence-electron chi connectivity index (χ0n) is 14.2. The van der Waals surface area contributed by atoms with Crippen LogP contribution in [0.4, 0.5) is 0 Å². The molecule has 1 saturated carbocycles. The number of aliphatic imine (C=N–C) groups is 1. The van der Waals surface area contributed by atoms with E-state index in [0.29, 0.717) is 29.5 Å². The molecule has 1 aliphatic heterocycles. The summed E-state index contributed by atoms with van der Waals surface area (Å²) in [6.45, 7) is 1.87. The standard InChI is InChI=1S/C16H19N5O3S.ClH/c1-10(9-13-19-15(20-24-13)16(17)7-4-8-16)18-14-11-5-2-3-6-12(11)25(22,23)21-14;/h2-3,5-6,10H,4,7-9,17H2,1H3,(H,18,21);1H. The summed E-state index contributed by atoms with van der Waals surface area (Å²) in [5, 5.41) is 3.98. The molecule has 1 fully saturated rings. The van der Waals surface area contributed by atoms with E-state index in [1.54, 1.807) is 24.3 Å². The quantitative estimate of drug-likeness (QED) is 0.805. The van der Waals surface area contributed by atoms with Crippen molar-refractivity contribution in [2.45, 2.75) is 49.1 Å². The molecular weight excluding hydrogens is 378 g/mol. The van der Waals surface area contributed by atoms with Gasteiger partial charge in [-0.3, -0.25) is 9.71 Å². The van der Waals surface area contributed by atoms with Crippen LogP contribution in [0.5, 0.6) is 0 Å². The van der Waals surface area contributed by atoms with Gasteiger partial charge in [0.2, 0.25) is 5.89 Å². The second-order valence-corrected chi connectivity index (χ2v) is 8.30. The lowest BCUT2D eigenvalue weighted by Crippen LogP contribution is -2.44. The Balaban J connectivity index is 0.00000196. The van der Waals surface area contributed by atoms with Crippen molar-refractivity contribution in [2.75, 3.05) is 0 Å². The van der Waals surface area contributed by atoms with Crippen molar-refractivity contribution < 1.29 is 12.9 Å². The molecule has 4 rings (SSSR count). The number of fused-ring (bicyclic) bond motifs is 1. The maximum absolute atomic E-state index is 12.1. The molecule has 1 atom stereocenters. The van der Waals surface area contributed by atoms with Crippen molar-refractivity contribution in [3.05, 3.63) is 41.5 Å². The van der Waals surface area contributed by atoms with Crippen LogP contribution in [-0.4, -0.2) is 30.4 Å². The third-order valence-electron chi connectivity index (χ3n) is 4.64. The molecule has 1 aromatic carbocycles. The average molecular weight is 398 g/mol. The second kappa shape index (κ2) is 6.64. The van der Waals surface area contributed by atoms with E-state index < -0.39 is 15.6 Å². The zero-order chi connectivity index (χ0) is 17.7. The fourth-order valence-electron chi connectivity index (χ4n) is 3.07. The van der Waals surface area contributed by atoms with Gasteiger partial charge in [-0.1, -0.05) is 17.3 Å². The van der Waals surface area contributed by atoms with Gasteiger partial charge in [-0.2, -0.15) is 4.98 Å². The number of nitrogens with two attached hydrogens (primary N) is 1. The number of nitrogens with zero attached hydrogens (tertiary/aromatic N) is 3. The number of hydrogen-bond acceptors (Lipinski definition) is 7. The molecule has 3 N–H and O–H groups in total. The molecule has 0 radical (unpaired) electrons. The molecule has 0 spiro atoms. The van der Waals surface area contributed by atoms with Gasteiger partial charge in [0.05, 0.1) is 16.5 Å². The number of aromatic nitrogens is 2. The second-order valence-electron chi connectivity index (χ2n) is 6.65. The minimum absolute atomic E-state index is 0. The molecule has 2 heterocycles. The number of halogens is 1. The summed E-state index contributed by atoms with van der Waals surface area (Å²) >= 11 is 0. The highest BCUT2D eigenvalue weighted by Crippen LogP contribution is 2.36. The molecule has 2 aromatic rings. The Morgan fingerprint density at radius 2 is 2.12 bits per heavy atom. The van der Waals surface area contributed by atoms with Crippen molar-refractivity contribution in [3.8, 4) is 0 Å². The lowest BCUT2D eigenvalue weighted by molar-refractivity contribution is 0.229. The van der Waals surface area contributed by atoms with E-state index in [1.807, 2.05) is 6.92 Å². The predicted octanol–water partition coefficient (Wildman–Crippen LogP) is 1.50. The molecule has 8 nitrogen and oxygen atoms in total. The van der Waals surface area contributed by atoms with Crippen LogP contribution < -0.4 is 10.5 Å². The highest BCUT2D eigenvalue weighted by atomic mass is 35.5. The van der Waals surface area contributed by atoms with E-state index >= 15 is 0 Å². The van der Waals surface area contributed by atoms with Crippen molar-refractivity contribution in [1.29, 1.82) is 0 Å². The van der Waals surface area contributed by atoms with Crippen LogP contribution in [0.1, 0.15) is 43.5 Å². The average Bonchev–Trinajstić information content (AvgIpc) is 3.09. The molecule has 10 heteroatoms. The highest BCUT2D eigenvalue weighted by molar-refractivity contribution is 7.90. The fraction of sp³-hybridized carbons (Fsp3) is 0.438. The number of hydrogen-bond donors (Lipinski definition) is 2. The third kappa shape index (κ3) is 3.22. The first-order valence-electron chi connectivity index (χ1n) is 8.19. The first-order valence-corrected chi connectivity index (χ1v) is 9.68. The summed E-state index contributed by atoms with van der Waals surface area (Å²) < 4.78 is 32.0. The van der Waals surface area contributed by atoms with Gasteiger partial charge in [0.25, 0.3) is 10.0 Å². The van der Waals surface area contributed by atoms with Crippen molar-refractivity contribution in [1.82, 2.24) is 14.9 Å². The summed E-state index contributed by atoms with van der Waals surface area (Å²) in [7, 11) is -3.53. The summed E-state index contributed by atoms with van der Waals surface area (Å²) in [5.74, 6) is 1.34. The Kier molecular flexibility index (Phi) is 4.80. The number of rotatable bonds is 4. The van der Waals surface area contributed by atoms with E-state index in [1.165, 1.54) is 0 Å². The van der Waals surface area contributed by atoms with Gasteiger partial charge < -0.3 is 10.3 Å². The molecule has 1 aromatic heterocycles. The molecule has 26 heavy (non-hydrogen) atoms. The predicted molar refractivity (Wildman–Crippen MR) is 97.7 cm³/mol. The Bertz CT molecular complexity index is 952. The van der Waals surface area contributed by atoms with Gasteiger partial charge in [0, 0.05) is 12.0 Å². The smallest absolute Gasteiger partial charge is 0.263 e. The van der Waals surface area contributed by atoms with E-state index in [0.717, 1.165) is 19.3 Å². The molecule has 1 unspecified atom stereocenters. The van der Waals surface area contributed by atoms with Gasteiger partial charge in [-0.25, -0.2) is 8.42 Å². The van der Waals surface area contributed by atoms with Crippen molar-refractivity contribution in [3.63, 3.8) is 0 Å². The third-order valence-corrected chi connectivity index (χ3v) is 6.04. The number of benzene rings is 1. The van der Waals surface area contributed by atoms with Crippen LogP contribution >= 0.6 is 12.4 Å². The van der Waals surface area contributed by atoms with Gasteiger partial charge >= 0.3 is 0 Å². The van der Waals surface area contributed by atoms with Crippen LogP contribution in [0.2, 0.25) is 0 Å². The Morgan fingerprint density at radius 1 is 1.38 bits per heavy atom. The highest BCUT2D eigenvalue weighted by Gasteiger charge is 2.39. The van der Waals surface area contributed by atoms with Crippen LogP contribution in [0, 0.1) is 0 Å². The Labute approximate surface area is 157 Å². The molecule has 0 saturated heterocycles. The Morgan fingerprint density at radius 3 is 2.81 bits per heavy atom. The van der Waals surface area contributed by atoms with Crippen molar-refractivity contribution in [2.24, 2.45) is 10.7 Å². The van der Waals surface area contributed by atoms with Crippen LogP contribution in [0.15, 0.2) is 38.7 Å². The van der Waals surface area contributed by atoms with Gasteiger partial charge in [0.1, 0.15) is 5.84 Å². The molecule has 140 valence electrons. The van der Waals surface area contributed by atoms with Gasteiger partial charge in [-0.05, 0) is 38.3 Å². The number of nitrogens with one attached hydrogen (secondary N) is 1. The maximum atomic E-state index is 12.1. The van der Waals surface area contributed by atoms with Crippen molar-refractivity contribution >= 4 is 28.3 Å². The fourth-order valence-corrected chi connectivity index (χ4v) is 4.31. The first-order chi connectivity index (χ1) is 11.9. The monoisotopic (exact) mass is 397 g/mol. The van der Waals surface area contributed by atoms with Gasteiger partial charge in [-0.15, -0.1) is 12.4 Å². The zero-order valence-corrected chi connectivity index (χ0v) is 15.8.